The summed E-state index contributed by atoms with van der Waals surface area (Å²) in [5.41, 5.74) is 1.56. The molecule has 3 heterocycles. The number of nitrogens with one attached hydrogen (secondary N) is 1. The predicted molar refractivity (Wildman–Crippen MR) is 124 cm³/mol. The summed E-state index contributed by atoms with van der Waals surface area (Å²) in [5, 5.41) is 3.78. The van der Waals surface area contributed by atoms with Crippen LogP contribution in [0.4, 0.5) is 5.69 Å². The van der Waals surface area contributed by atoms with Gasteiger partial charge < -0.3 is 5.32 Å². The second-order valence-corrected chi connectivity index (χ2v) is 9.83. The maximum Gasteiger partial charge on any atom is 0.263 e. The molecule has 1 aliphatic carbocycles. The third kappa shape index (κ3) is 4.04. The molecule has 0 aromatic carbocycles. The van der Waals surface area contributed by atoms with Crippen molar-refractivity contribution in [1.82, 2.24) is 14.5 Å². The molecule has 6 nitrogen and oxygen atoms in total. The number of aryl methyl sites for hydroxylation is 2. The van der Waals surface area contributed by atoms with Crippen LogP contribution in [0.3, 0.4) is 0 Å². The van der Waals surface area contributed by atoms with Crippen molar-refractivity contribution in [3.63, 3.8) is 0 Å². The molecule has 3 aromatic rings. The number of hydrogen-bond acceptors (Lipinski definition) is 6. The van der Waals surface area contributed by atoms with Crippen LogP contribution in [0.1, 0.15) is 30.2 Å². The summed E-state index contributed by atoms with van der Waals surface area (Å²) in [6.45, 7) is 5.90. The number of pyridine rings is 1. The highest BCUT2D eigenvalue weighted by atomic mass is 35.5. The van der Waals surface area contributed by atoms with Gasteiger partial charge in [0.25, 0.3) is 5.56 Å². The van der Waals surface area contributed by atoms with Gasteiger partial charge in [-0.3, -0.25) is 14.2 Å². The van der Waals surface area contributed by atoms with Gasteiger partial charge in [0.1, 0.15) is 4.83 Å². The van der Waals surface area contributed by atoms with Gasteiger partial charge in [0, 0.05) is 17.6 Å². The van der Waals surface area contributed by atoms with E-state index in [-0.39, 0.29) is 16.6 Å². The van der Waals surface area contributed by atoms with Crippen LogP contribution in [0.25, 0.3) is 10.2 Å². The smallest absolute Gasteiger partial charge is 0.263 e. The summed E-state index contributed by atoms with van der Waals surface area (Å²) in [7, 11) is 0. The van der Waals surface area contributed by atoms with Crippen molar-refractivity contribution in [2.24, 2.45) is 0 Å². The standard InChI is InChI=1S/C21H21ClN4O2S2/c1-3-11-26-20(28)16-13-7-4-5-9-15(13)30-19(16)25-21(26)29-12(2)18(27)24-14-8-6-10-23-17(14)22/h3,6,8,10,12H,1,4-5,7,9,11H2,2H3,(H,24,27). The number of thiophene rings is 1. The van der Waals surface area contributed by atoms with E-state index in [0.29, 0.717) is 17.4 Å². The average Bonchev–Trinajstić information content (AvgIpc) is 3.11. The third-order valence-corrected chi connectivity index (χ3v) is 7.60. The molecule has 1 atom stereocenters. The van der Waals surface area contributed by atoms with Crippen LogP contribution in [0.2, 0.25) is 5.15 Å². The zero-order valence-corrected chi connectivity index (χ0v) is 18.9. The molecule has 30 heavy (non-hydrogen) atoms. The van der Waals surface area contributed by atoms with Crippen LogP contribution in [-0.2, 0) is 24.2 Å². The van der Waals surface area contributed by atoms with Crippen molar-refractivity contribution in [2.75, 3.05) is 5.32 Å². The summed E-state index contributed by atoms with van der Waals surface area (Å²) < 4.78 is 1.61. The lowest BCUT2D eigenvalue weighted by Crippen LogP contribution is -2.27. The first kappa shape index (κ1) is 21.1. The molecule has 1 unspecified atom stereocenters. The largest absolute Gasteiger partial charge is 0.322 e. The Morgan fingerprint density at radius 2 is 2.27 bits per heavy atom. The van der Waals surface area contributed by atoms with Crippen LogP contribution < -0.4 is 10.9 Å². The van der Waals surface area contributed by atoms with E-state index >= 15 is 0 Å². The molecule has 3 aromatic heterocycles. The molecular weight excluding hydrogens is 440 g/mol. The Labute approximate surface area is 187 Å². The summed E-state index contributed by atoms with van der Waals surface area (Å²) in [4.78, 5) is 36.8. The van der Waals surface area contributed by atoms with Gasteiger partial charge in [-0.15, -0.1) is 17.9 Å². The average molecular weight is 461 g/mol. The number of halogens is 1. The van der Waals surface area contributed by atoms with Gasteiger partial charge in [0.2, 0.25) is 5.91 Å². The molecule has 1 aliphatic rings. The predicted octanol–water partition coefficient (Wildman–Crippen LogP) is 4.69. The Hall–Kier alpha value is -2.16. The highest BCUT2D eigenvalue weighted by Gasteiger charge is 2.24. The number of thioether (sulfide) groups is 1. The van der Waals surface area contributed by atoms with Crippen molar-refractivity contribution in [1.29, 1.82) is 0 Å². The zero-order chi connectivity index (χ0) is 21.3. The Bertz CT molecular complexity index is 1190. The van der Waals surface area contributed by atoms with E-state index in [9.17, 15) is 9.59 Å². The minimum atomic E-state index is -0.490. The van der Waals surface area contributed by atoms with Crippen molar-refractivity contribution in [3.8, 4) is 0 Å². The fraction of sp³-hybridized carbons (Fsp3) is 0.333. The molecule has 0 aliphatic heterocycles. The second-order valence-electron chi connectivity index (χ2n) is 7.08. The van der Waals surface area contributed by atoms with Crippen molar-refractivity contribution >= 4 is 56.5 Å². The van der Waals surface area contributed by atoms with Crippen LogP contribution in [0.15, 0.2) is 40.9 Å². The lowest BCUT2D eigenvalue weighted by atomic mass is 9.97. The topological polar surface area (TPSA) is 76.9 Å². The number of carbonyl (C=O) groups is 1. The minimum absolute atomic E-state index is 0.0512. The van der Waals surface area contributed by atoms with E-state index in [2.05, 4.69) is 16.9 Å². The van der Waals surface area contributed by atoms with Gasteiger partial charge in [0.05, 0.1) is 16.3 Å². The molecule has 9 heteroatoms. The van der Waals surface area contributed by atoms with Crippen LogP contribution in [0, 0.1) is 0 Å². The van der Waals surface area contributed by atoms with E-state index < -0.39 is 5.25 Å². The van der Waals surface area contributed by atoms with Gasteiger partial charge in [-0.25, -0.2) is 9.97 Å². The van der Waals surface area contributed by atoms with E-state index in [1.807, 2.05) is 0 Å². The number of carbonyl (C=O) groups excluding carboxylic acids is 1. The maximum atomic E-state index is 13.3. The molecule has 1 N–H and O–H groups in total. The van der Waals surface area contributed by atoms with Crippen molar-refractivity contribution in [2.45, 2.75) is 49.6 Å². The van der Waals surface area contributed by atoms with Crippen LogP contribution >= 0.6 is 34.7 Å². The third-order valence-electron chi connectivity index (χ3n) is 5.02. The van der Waals surface area contributed by atoms with E-state index in [0.717, 1.165) is 41.5 Å². The summed E-state index contributed by atoms with van der Waals surface area (Å²) >= 11 is 8.89. The molecule has 156 valence electrons. The maximum absolute atomic E-state index is 13.3. The highest BCUT2D eigenvalue weighted by molar-refractivity contribution is 8.00. The highest BCUT2D eigenvalue weighted by Crippen LogP contribution is 2.35. The number of fused-ring (bicyclic) bond motifs is 3. The minimum Gasteiger partial charge on any atom is -0.322 e. The molecule has 0 bridgehead atoms. The summed E-state index contributed by atoms with van der Waals surface area (Å²) in [6, 6.07) is 3.40. The van der Waals surface area contributed by atoms with Gasteiger partial charge in [0.15, 0.2) is 10.3 Å². The van der Waals surface area contributed by atoms with E-state index in [1.165, 1.54) is 16.6 Å². The van der Waals surface area contributed by atoms with Crippen LogP contribution in [0.5, 0.6) is 0 Å². The molecular formula is C21H21ClN4O2S2. The van der Waals surface area contributed by atoms with Crippen LogP contribution in [-0.4, -0.2) is 25.7 Å². The van der Waals surface area contributed by atoms with Crippen molar-refractivity contribution < 1.29 is 4.79 Å². The van der Waals surface area contributed by atoms with Gasteiger partial charge in [-0.2, -0.15) is 0 Å². The van der Waals surface area contributed by atoms with Gasteiger partial charge in [-0.05, 0) is 50.3 Å². The number of nitrogens with zero attached hydrogens (tertiary/aromatic N) is 3. The lowest BCUT2D eigenvalue weighted by Gasteiger charge is -2.15. The number of hydrogen-bond donors (Lipinski definition) is 1. The Kier molecular flexibility index (Phi) is 6.26. The number of amides is 1. The number of anilines is 1. The normalized spacial score (nSPS) is 14.3. The molecule has 0 radical (unpaired) electrons. The second kappa shape index (κ2) is 8.91. The first-order valence-corrected chi connectivity index (χ1v) is 11.8. The molecule has 0 fully saturated rings. The van der Waals surface area contributed by atoms with E-state index in [1.54, 1.807) is 47.2 Å². The van der Waals surface area contributed by atoms with Gasteiger partial charge in [-0.1, -0.05) is 29.4 Å². The Morgan fingerprint density at radius 1 is 1.47 bits per heavy atom. The molecule has 0 spiro atoms. The fourth-order valence-electron chi connectivity index (χ4n) is 3.53. The quantitative estimate of drug-likeness (QED) is 0.250. The SMILES string of the molecule is C=CCn1c(SC(C)C(=O)Nc2cccnc2Cl)nc2sc3c(c2c1=O)CCCC3. The fourth-order valence-corrected chi connectivity index (χ4v) is 5.91. The summed E-state index contributed by atoms with van der Waals surface area (Å²) in [5.74, 6) is -0.236. The molecule has 4 rings (SSSR count). The molecule has 0 saturated carbocycles. The van der Waals surface area contributed by atoms with Gasteiger partial charge >= 0.3 is 0 Å². The lowest BCUT2D eigenvalue weighted by molar-refractivity contribution is -0.115. The van der Waals surface area contributed by atoms with Crippen molar-refractivity contribution in [3.05, 3.63) is 56.9 Å². The van der Waals surface area contributed by atoms with E-state index in [4.69, 9.17) is 16.6 Å². The first-order valence-electron chi connectivity index (χ1n) is 9.73. The Morgan fingerprint density at radius 3 is 3.03 bits per heavy atom. The summed E-state index contributed by atoms with van der Waals surface area (Å²) in [6.07, 6.45) is 7.42. The molecule has 0 saturated heterocycles. The Balaban J connectivity index is 1.66. The first-order chi connectivity index (χ1) is 14.5. The number of aromatic nitrogens is 3. The molecule has 1 amide bonds. The zero-order valence-electron chi connectivity index (χ0n) is 16.5. The number of allylic oxidation sites excluding steroid dienone is 1. The number of rotatable bonds is 6. The monoisotopic (exact) mass is 460 g/mol.